The summed E-state index contributed by atoms with van der Waals surface area (Å²) in [5.74, 6) is 0.218. The molecule has 1 N–H and O–H groups in total. The molecule has 0 heterocycles. The third-order valence-corrected chi connectivity index (χ3v) is 6.78. The van der Waals surface area contributed by atoms with Gasteiger partial charge in [-0.25, -0.2) is 8.42 Å². The number of sulfonamides is 1. The van der Waals surface area contributed by atoms with E-state index in [1.807, 2.05) is 32.9 Å². The average Bonchev–Trinajstić information content (AvgIpc) is 2.69. The highest BCUT2D eigenvalue weighted by Gasteiger charge is 2.23. The Morgan fingerprint density at radius 1 is 1.07 bits per heavy atom. The Labute approximate surface area is 181 Å². The van der Waals surface area contributed by atoms with Crippen LogP contribution in [0.25, 0.3) is 0 Å². The predicted molar refractivity (Wildman–Crippen MR) is 119 cm³/mol. The van der Waals surface area contributed by atoms with E-state index in [9.17, 15) is 13.2 Å². The molecule has 0 saturated heterocycles. The van der Waals surface area contributed by atoms with Crippen LogP contribution < -0.4 is 10.1 Å². The van der Waals surface area contributed by atoms with Crippen molar-refractivity contribution in [1.82, 2.24) is 4.31 Å². The Morgan fingerprint density at radius 2 is 1.62 bits per heavy atom. The summed E-state index contributed by atoms with van der Waals surface area (Å²) in [6, 6.07) is 10.1. The molecule has 29 heavy (non-hydrogen) atoms. The van der Waals surface area contributed by atoms with Crippen molar-refractivity contribution in [3.63, 3.8) is 0 Å². The molecule has 0 aliphatic rings. The largest absolute Gasteiger partial charge is 0.494 e. The molecule has 158 valence electrons. The van der Waals surface area contributed by atoms with Crippen LogP contribution in [0, 0.1) is 0 Å². The maximum Gasteiger partial charge on any atom is 0.243 e. The lowest BCUT2D eigenvalue weighted by molar-refractivity contribution is -0.116. The highest BCUT2D eigenvalue weighted by Crippen LogP contribution is 2.27. The second-order valence-electron chi connectivity index (χ2n) is 6.52. The maximum absolute atomic E-state index is 12.8. The molecule has 0 atom stereocenters. The zero-order valence-electron chi connectivity index (χ0n) is 17.2. The quantitative estimate of drug-likeness (QED) is 0.579. The van der Waals surface area contributed by atoms with Crippen LogP contribution in [-0.4, -0.2) is 38.8 Å². The maximum atomic E-state index is 12.8. The Kier molecular flexibility index (Phi) is 8.24. The van der Waals surface area contributed by atoms with Crippen molar-refractivity contribution in [3.8, 4) is 5.75 Å². The molecular formula is C21H27BrN2O4S. The van der Waals surface area contributed by atoms with Crippen LogP contribution >= 0.6 is 15.9 Å². The number of ether oxygens (including phenoxy) is 1. The Balaban J connectivity index is 2.16. The summed E-state index contributed by atoms with van der Waals surface area (Å²) in [5, 5.41) is 2.90. The zero-order valence-corrected chi connectivity index (χ0v) is 19.6. The first kappa shape index (κ1) is 23.4. The number of rotatable bonds is 9. The third-order valence-electron chi connectivity index (χ3n) is 4.50. The molecule has 8 heteroatoms. The summed E-state index contributed by atoms with van der Waals surface area (Å²) in [6.07, 6.45) is 1.50. The van der Waals surface area contributed by atoms with E-state index in [4.69, 9.17) is 4.74 Å². The Morgan fingerprint density at radius 3 is 2.10 bits per heavy atom. The number of amides is 1. The minimum Gasteiger partial charge on any atom is -0.494 e. The Hall–Kier alpha value is -1.90. The summed E-state index contributed by atoms with van der Waals surface area (Å²) in [7, 11) is -2.39. The number of anilines is 1. The lowest BCUT2D eigenvalue weighted by Gasteiger charge is -2.19. The van der Waals surface area contributed by atoms with Crippen LogP contribution in [0.15, 0.2) is 45.8 Å². The standard InChI is InChI=1S/C21H27BrN2O4S/c1-5-15-12-17(22)13-16(6-2)21(15)23-20(25)14-24(4)29(26,27)19-10-8-18(9-11-19)28-7-3/h8-13H,5-7,14H2,1-4H3,(H,23,25). The molecule has 0 aliphatic heterocycles. The lowest BCUT2D eigenvalue weighted by atomic mass is 10.0. The van der Waals surface area contributed by atoms with E-state index in [0.717, 1.165) is 38.4 Å². The van der Waals surface area contributed by atoms with E-state index >= 15 is 0 Å². The van der Waals surface area contributed by atoms with Crippen LogP contribution in [0.3, 0.4) is 0 Å². The van der Waals surface area contributed by atoms with E-state index in [-0.39, 0.29) is 17.3 Å². The van der Waals surface area contributed by atoms with E-state index in [0.29, 0.717) is 12.4 Å². The van der Waals surface area contributed by atoms with Gasteiger partial charge >= 0.3 is 0 Å². The number of benzene rings is 2. The van der Waals surface area contributed by atoms with E-state index in [1.165, 1.54) is 19.2 Å². The number of nitrogens with one attached hydrogen (secondary N) is 1. The monoisotopic (exact) mass is 482 g/mol. The van der Waals surface area contributed by atoms with Gasteiger partial charge in [-0.1, -0.05) is 29.8 Å². The molecule has 6 nitrogen and oxygen atoms in total. The minimum atomic E-state index is -3.79. The van der Waals surface area contributed by atoms with E-state index < -0.39 is 10.0 Å². The number of carbonyl (C=O) groups is 1. The van der Waals surface area contributed by atoms with Crippen LogP contribution in [0.5, 0.6) is 5.75 Å². The van der Waals surface area contributed by atoms with Gasteiger partial charge in [-0.15, -0.1) is 0 Å². The van der Waals surface area contributed by atoms with E-state index in [2.05, 4.69) is 21.2 Å². The van der Waals surface area contributed by atoms with Crippen molar-refractivity contribution in [3.05, 3.63) is 52.0 Å². The molecule has 0 radical (unpaired) electrons. The highest BCUT2D eigenvalue weighted by atomic mass is 79.9. The van der Waals surface area contributed by atoms with Crippen LogP contribution in [-0.2, 0) is 27.7 Å². The van der Waals surface area contributed by atoms with Gasteiger partial charge in [-0.05, 0) is 67.3 Å². The molecule has 0 unspecified atom stereocenters. The number of halogens is 1. The molecule has 0 fully saturated rings. The molecule has 0 saturated carbocycles. The molecule has 2 rings (SSSR count). The summed E-state index contributed by atoms with van der Waals surface area (Å²) in [5.41, 5.74) is 2.76. The predicted octanol–water partition coefficient (Wildman–Crippen LogP) is 4.23. The SMILES string of the molecule is CCOc1ccc(S(=O)(=O)N(C)CC(=O)Nc2c(CC)cc(Br)cc2CC)cc1. The smallest absolute Gasteiger partial charge is 0.243 e. The van der Waals surface area contributed by atoms with Crippen molar-refractivity contribution in [2.45, 2.75) is 38.5 Å². The first-order valence-corrected chi connectivity index (χ1v) is 11.8. The van der Waals surface area contributed by atoms with Gasteiger partial charge in [0.25, 0.3) is 0 Å². The summed E-state index contributed by atoms with van der Waals surface area (Å²) in [6.45, 7) is 6.11. The van der Waals surface area contributed by atoms with E-state index in [1.54, 1.807) is 12.1 Å². The number of hydrogen-bond donors (Lipinski definition) is 1. The van der Waals surface area contributed by atoms with Crippen LogP contribution in [0.1, 0.15) is 31.9 Å². The molecule has 2 aromatic rings. The van der Waals surface area contributed by atoms with Gasteiger partial charge in [-0.2, -0.15) is 4.31 Å². The van der Waals surface area contributed by atoms with Crippen molar-refractivity contribution < 1.29 is 17.9 Å². The summed E-state index contributed by atoms with van der Waals surface area (Å²) >= 11 is 3.49. The first-order chi connectivity index (χ1) is 13.7. The van der Waals surface area contributed by atoms with Gasteiger partial charge < -0.3 is 10.1 Å². The minimum absolute atomic E-state index is 0.114. The fourth-order valence-corrected chi connectivity index (χ4v) is 4.64. The topological polar surface area (TPSA) is 75.7 Å². The van der Waals surface area contributed by atoms with Gasteiger partial charge in [-0.3, -0.25) is 4.79 Å². The zero-order chi connectivity index (χ0) is 21.6. The fourth-order valence-electron chi connectivity index (χ4n) is 2.96. The Bertz CT molecular complexity index is 934. The summed E-state index contributed by atoms with van der Waals surface area (Å²) < 4.78 is 32.9. The van der Waals surface area contributed by atoms with Gasteiger partial charge in [0.1, 0.15) is 5.75 Å². The number of likely N-dealkylation sites (N-methyl/N-ethyl adjacent to an activating group) is 1. The lowest BCUT2D eigenvalue weighted by Crippen LogP contribution is -2.35. The van der Waals surface area contributed by atoms with Crippen LogP contribution in [0.4, 0.5) is 5.69 Å². The molecule has 0 bridgehead atoms. The molecule has 2 aromatic carbocycles. The highest BCUT2D eigenvalue weighted by molar-refractivity contribution is 9.10. The first-order valence-electron chi connectivity index (χ1n) is 9.53. The molecular weight excluding hydrogens is 456 g/mol. The number of aryl methyl sites for hydroxylation is 2. The van der Waals surface area contributed by atoms with Gasteiger partial charge in [0.2, 0.25) is 15.9 Å². The molecule has 1 amide bonds. The van der Waals surface area contributed by atoms with Crippen LogP contribution in [0.2, 0.25) is 0 Å². The normalized spacial score (nSPS) is 11.5. The second-order valence-corrected chi connectivity index (χ2v) is 9.48. The molecule has 0 spiro atoms. The van der Waals surface area contributed by atoms with Crippen molar-refractivity contribution in [2.24, 2.45) is 0 Å². The van der Waals surface area contributed by atoms with Gasteiger partial charge in [0.05, 0.1) is 18.0 Å². The van der Waals surface area contributed by atoms with Crippen molar-refractivity contribution >= 4 is 37.5 Å². The number of carbonyl (C=O) groups excluding carboxylic acids is 1. The molecule has 0 aromatic heterocycles. The van der Waals surface area contributed by atoms with Gasteiger partial charge in [0, 0.05) is 17.2 Å². The van der Waals surface area contributed by atoms with Crippen molar-refractivity contribution in [1.29, 1.82) is 0 Å². The third kappa shape index (κ3) is 5.81. The average molecular weight is 483 g/mol. The number of nitrogens with zero attached hydrogens (tertiary/aromatic N) is 1. The summed E-state index contributed by atoms with van der Waals surface area (Å²) in [4.78, 5) is 12.7. The van der Waals surface area contributed by atoms with Gasteiger partial charge in [0.15, 0.2) is 0 Å². The van der Waals surface area contributed by atoms with Crippen molar-refractivity contribution in [2.75, 3.05) is 25.5 Å². The fraction of sp³-hybridized carbons (Fsp3) is 0.381. The number of hydrogen-bond acceptors (Lipinski definition) is 4. The molecule has 0 aliphatic carbocycles. The second kappa shape index (κ2) is 10.2.